The topological polar surface area (TPSA) is 75.3 Å². The number of ether oxygens (including phenoxy) is 3. The Labute approximate surface area is 345 Å². The summed E-state index contributed by atoms with van der Waals surface area (Å²) in [6, 6.07) is 37.3. The zero-order valence-electron chi connectivity index (χ0n) is 33.0. The lowest BCUT2D eigenvalue weighted by Crippen LogP contribution is -2.31. The lowest BCUT2D eigenvalue weighted by Gasteiger charge is -2.16. The SMILES string of the molecule is CN(C)CCOC1=Cc2ccccc2Sc2ccc(OCc3cccc(CNCCNC(=O)c4ccc5c(c4)C(OCCN(C)C)=Cc4ccccc4S5)c3)cc21. The molecule has 0 saturated carbocycles. The summed E-state index contributed by atoms with van der Waals surface area (Å²) >= 11 is 3.45. The van der Waals surface area contributed by atoms with Crippen molar-refractivity contribution in [3.63, 3.8) is 0 Å². The summed E-state index contributed by atoms with van der Waals surface area (Å²) in [4.78, 5) is 22.1. The second kappa shape index (κ2) is 19.5. The van der Waals surface area contributed by atoms with Gasteiger partial charge in [0.25, 0.3) is 5.91 Å². The normalized spacial score (nSPS) is 12.9. The van der Waals surface area contributed by atoms with Gasteiger partial charge < -0.3 is 34.6 Å². The number of carbonyl (C=O) groups is 1. The number of carbonyl (C=O) groups excluding carboxylic acids is 1. The van der Waals surface area contributed by atoms with Gasteiger partial charge in [-0.25, -0.2) is 0 Å². The highest BCUT2D eigenvalue weighted by Gasteiger charge is 2.21. The third-order valence-corrected chi connectivity index (χ3v) is 11.8. The van der Waals surface area contributed by atoms with Gasteiger partial charge in [0, 0.05) is 69.0 Å². The Kier molecular flexibility index (Phi) is 13.7. The molecule has 2 N–H and O–H groups in total. The van der Waals surface area contributed by atoms with E-state index in [4.69, 9.17) is 14.2 Å². The Morgan fingerprint density at radius 1 is 0.596 bits per heavy atom. The smallest absolute Gasteiger partial charge is 0.251 e. The molecule has 0 unspecified atom stereocenters. The van der Waals surface area contributed by atoms with Gasteiger partial charge in [-0.05, 0) is 111 Å². The first kappa shape index (κ1) is 40.2. The largest absolute Gasteiger partial charge is 0.492 e. The van der Waals surface area contributed by atoms with E-state index in [0.29, 0.717) is 45.0 Å². The highest BCUT2D eigenvalue weighted by molar-refractivity contribution is 7.99. The highest BCUT2D eigenvalue weighted by atomic mass is 32.2. The molecule has 0 bridgehead atoms. The fraction of sp³-hybridized carbons (Fsp3) is 0.255. The number of nitrogens with one attached hydrogen (secondary N) is 2. The Morgan fingerprint density at radius 3 is 1.84 bits per heavy atom. The maximum Gasteiger partial charge on any atom is 0.251 e. The van der Waals surface area contributed by atoms with E-state index < -0.39 is 0 Å². The number of fused-ring (bicyclic) bond motifs is 4. The van der Waals surface area contributed by atoms with Crippen LogP contribution < -0.4 is 15.4 Å². The van der Waals surface area contributed by atoms with Crippen molar-refractivity contribution in [1.29, 1.82) is 0 Å². The molecule has 5 aromatic rings. The van der Waals surface area contributed by atoms with Gasteiger partial charge in [-0.3, -0.25) is 4.79 Å². The molecule has 1 amide bonds. The van der Waals surface area contributed by atoms with Crippen molar-refractivity contribution in [3.8, 4) is 5.75 Å². The van der Waals surface area contributed by atoms with Gasteiger partial charge in [-0.15, -0.1) is 0 Å². The molecule has 0 atom stereocenters. The predicted molar refractivity (Wildman–Crippen MR) is 234 cm³/mol. The van der Waals surface area contributed by atoms with Gasteiger partial charge in [-0.2, -0.15) is 0 Å². The van der Waals surface area contributed by atoms with Crippen molar-refractivity contribution in [2.45, 2.75) is 32.7 Å². The summed E-state index contributed by atoms with van der Waals surface area (Å²) in [5.41, 5.74) is 7.07. The maximum absolute atomic E-state index is 13.3. The second-order valence-electron chi connectivity index (χ2n) is 14.5. The first-order valence-electron chi connectivity index (χ1n) is 19.3. The van der Waals surface area contributed by atoms with E-state index in [1.165, 1.54) is 4.90 Å². The van der Waals surface area contributed by atoms with Crippen molar-refractivity contribution in [1.82, 2.24) is 20.4 Å². The van der Waals surface area contributed by atoms with Crippen LogP contribution in [0.5, 0.6) is 5.75 Å². The van der Waals surface area contributed by atoms with Crippen molar-refractivity contribution < 1.29 is 19.0 Å². The molecule has 2 heterocycles. The summed E-state index contributed by atoms with van der Waals surface area (Å²) in [6.45, 7) is 5.02. The number of amides is 1. The number of hydrogen-bond acceptors (Lipinski definition) is 9. The molecule has 294 valence electrons. The quantitative estimate of drug-likeness (QED) is 0.0898. The lowest BCUT2D eigenvalue weighted by molar-refractivity contribution is 0.0953. The predicted octanol–water partition coefficient (Wildman–Crippen LogP) is 8.87. The lowest BCUT2D eigenvalue weighted by atomic mass is 10.1. The molecular weight excluding hydrogens is 749 g/mol. The summed E-state index contributed by atoms with van der Waals surface area (Å²) in [7, 11) is 8.16. The first-order valence-corrected chi connectivity index (χ1v) is 20.9. The van der Waals surface area contributed by atoms with Crippen LogP contribution in [0.15, 0.2) is 129 Å². The molecule has 0 spiro atoms. The van der Waals surface area contributed by atoms with Crippen LogP contribution >= 0.6 is 23.5 Å². The molecule has 2 aliphatic heterocycles. The molecule has 0 aromatic heterocycles. The fourth-order valence-corrected chi connectivity index (χ4v) is 8.47. The van der Waals surface area contributed by atoms with Gasteiger partial charge in [0.15, 0.2) is 0 Å². The van der Waals surface area contributed by atoms with Crippen molar-refractivity contribution in [3.05, 3.63) is 148 Å². The second-order valence-corrected chi connectivity index (χ2v) is 16.7. The number of benzene rings is 5. The number of hydrogen-bond donors (Lipinski definition) is 2. The summed E-state index contributed by atoms with van der Waals surface area (Å²) in [5.74, 6) is 2.32. The van der Waals surface area contributed by atoms with Crippen molar-refractivity contribution in [2.75, 3.05) is 67.6 Å². The summed E-state index contributed by atoms with van der Waals surface area (Å²) < 4.78 is 19.0. The Bertz CT molecular complexity index is 2250. The highest BCUT2D eigenvalue weighted by Crippen LogP contribution is 2.43. The van der Waals surface area contributed by atoms with Crippen LogP contribution in [0.3, 0.4) is 0 Å². The van der Waals surface area contributed by atoms with E-state index in [1.54, 1.807) is 23.5 Å². The number of rotatable bonds is 17. The van der Waals surface area contributed by atoms with E-state index in [9.17, 15) is 4.79 Å². The Hall–Kier alpha value is -4.97. The minimum absolute atomic E-state index is 0.109. The average Bonchev–Trinajstić information content (AvgIpc) is 3.46. The Morgan fingerprint density at radius 2 is 1.19 bits per heavy atom. The third kappa shape index (κ3) is 10.9. The van der Waals surface area contributed by atoms with E-state index >= 15 is 0 Å². The first-order chi connectivity index (χ1) is 27.8. The van der Waals surface area contributed by atoms with Crippen molar-refractivity contribution >= 4 is 53.1 Å². The van der Waals surface area contributed by atoms with E-state index in [0.717, 1.165) is 78.4 Å². The van der Waals surface area contributed by atoms with E-state index in [2.05, 4.69) is 119 Å². The van der Waals surface area contributed by atoms with Gasteiger partial charge >= 0.3 is 0 Å². The number of likely N-dealkylation sites (N-methyl/N-ethyl adjacent to an activating group) is 2. The zero-order valence-corrected chi connectivity index (χ0v) is 34.7. The summed E-state index contributed by atoms with van der Waals surface area (Å²) in [5, 5.41) is 6.56. The molecular formula is C47H50N4O4S2. The molecule has 0 saturated heterocycles. The fourth-order valence-electron chi connectivity index (χ4n) is 6.40. The molecule has 7 rings (SSSR count). The minimum Gasteiger partial charge on any atom is -0.492 e. The minimum atomic E-state index is -0.109. The molecule has 5 aromatic carbocycles. The van der Waals surface area contributed by atoms with E-state index in [-0.39, 0.29) is 5.91 Å². The molecule has 8 nitrogen and oxygen atoms in total. The van der Waals surface area contributed by atoms with E-state index in [1.807, 2.05) is 50.5 Å². The van der Waals surface area contributed by atoms with Crippen LogP contribution in [0, 0.1) is 0 Å². The third-order valence-electron chi connectivity index (χ3n) is 9.48. The molecule has 0 fully saturated rings. The van der Waals surface area contributed by atoms with Gasteiger partial charge in [0.2, 0.25) is 0 Å². The summed E-state index contributed by atoms with van der Waals surface area (Å²) in [6.07, 6.45) is 4.22. The van der Waals surface area contributed by atoms with Gasteiger partial charge in [0.1, 0.15) is 37.1 Å². The van der Waals surface area contributed by atoms with Crippen LogP contribution in [0.1, 0.15) is 43.7 Å². The standard InChI is InChI=1S/C47H50N4O4S2/c1-50(2)22-24-53-41-28-35-12-5-7-14-43(35)56-45-18-16-37(27-39(41)45)47(52)49-21-20-48-31-33-10-9-11-34(26-33)32-55-38-17-19-46-40(30-38)42(54-25-23-51(3)4)29-36-13-6-8-15-44(36)57-46/h5-19,26-30,48H,20-25,31-32H2,1-4H3,(H,49,52). The average molecular weight is 799 g/mol. The molecule has 2 aliphatic rings. The zero-order chi connectivity index (χ0) is 39.6. The van der Waals surface area contributed by atoms with Crippen LogP contribution in [0.2, 0.25) is 0 Å². The van der Waals surface area contributed by atoms with Crippen LogP contribution in [0.25, 0.3) is 23.7 Å². The molecule has 57 heavy (non-hydrogen) atoms. The maximum atomic E-state index is 13.3. The Balaban J connectivity index is 0.919. The monoisotopic (exact) mass is 798 g/mol. The van der Waals surface area contributed by atoms with Gasteiger partial charge in [0.05, 0.1) is 0 Å². The van der Waals surface area contributed by atoms with Gasteiger partial charge in [-0.1, -0.05) is 84.2 Å². The molecule has 0 radical (unpaired) electrons. The van der Waals surface area contributed by atoms with Crippen LogP contribution in [-0.4, -0.2) is 83.3 Å². The van der Waals surface area contributed by atoms with Crippen molar-refractivity contribution in [2.24, 2.45) is 0 Å². The number of nitrogens with zero attached hydrogens (tertiary/aromatic N) is 2. The van der Waals surface area contributed by atoms with Crippen LogP contribution in [-0.2, 0) is 22.6 Å². The molecule has 0 aliphatic carbocycles. The molecule has 10 heteroatoms. The van der Waals surface area contributed by atoms with Crippen LogP contribution in [0.4, 0.5) is 0 Å².